The molecule has 30 heavy (non-hydrogen) atoms. The Morgan fingerprint density at radius 3 is 2.67 bits per heavy atom. The predicted octanol–water partition coefficient (Wildman–Crippen LogP) is 2.79. The molecule has 0 atom stereocenters. The van der Waals surface area contributed by atoms with Crippen molar-refractivity contribution in [3.8, 4) is 11.4 Å². The molecule has 8 heteroatoms. The summed E-state index contributed by atoms with van der Waals surface area (Å²) in [5.74, 6) is 0.590. The van der Waals surface area contributed by atoms with Crippen LogP contribution in [0, 0.1) is 0 Å². The van der Waals surface area contributed by atoms with Crippen LogP contribution in [-0.2, 0) is 31.3 Å². The van der Waals surface area contributed by atoms with Gasteiger partial charge >= 0.3 is 5.69 Å². The van der Waals surface area contributed by atoms with E-state index in [0.717, 1.165) is 24.1 Å². The molecule has 1 aliphatic carbocycles. The number of hydrogen-bond donors (Lipinski definition) is 0. The second-order valence-corrected chi connectivity index (χ2v) is 7.40. The summed E-state index contributed by atoms with van der Waals surface area (Å²) in [5, 5.41) is 12.0. The van der Waals surface area contributed by atoms with Crippen molar-refractivity contribution >= 4 is 5.71 Å². The van der Waals surface area contributed by atoms with Gasteiger partial charge in [0.2, 0.25) is 0 Å². The van der Waals surface area contributed by atoms with Gasteiger partial charge < -0.3 is 9.57 Å². The van der Waals surface area contributed by atoms with Gasteiger partial charge in [-0.1, -0.05) is 23.4 Å². The van der Waals surface area contributed by atoms with Crippen LogP contribution in [0.1, 0.15) is 42.0 Å². The minimum Gasteiger partial charge on any atom is -0.496 e. The zero-order valence-electron chi connectivity index (χ0n) is 17.5. The lowest BCUT2D eigenvalue weighted by Crippen LogP contribution is -2.23. The lowest BCUT2D eigenvalue weighted by Gasteiger charge is -2.16. The number of aryl methyl sites for hydroxylation is 3. The van der Waals surface area contributed by atoms with E-state index in [2.05, 4.69) is 33.8 Å². The molecule has 1 heterocycles. The van der Waals surface area contributed by atoms with Crippen LogP contribution in [0.15, 0.2) is 46.3 Å². The summed E-state index contributed by atoms with van der Waals surface area (Å²) in [5.41, 5.74) is 5.57. The molecular formula is C22H25N5O3. The number of nitrogens with zero attached hydrogens (tertiary/aromatic N) is 5. The molecule has 1 aromatic heterocycles. The Labute approximate surface area is 174 Å². The zero-order valence-corrected chi connectivity index (χ0v) is 17.5. The first-order valence-electron chi connectivity index (χ1n) is 10.0. The minimum atomic E-state index is -0.349. The van der Waals surface area contributed by atoms with E-state index in [1.165, 1.54) is 33.3 Å². The van der Waals surface area contributed by atoms with E-state index in [9.17, 15) is 4.79 Å². The number of ether oxygens (including phenoxy) is 1. The van der Waals surface area contributed by atoms with Gasteiger partial charge in [-0.15, -0.1) is 0 Å². The third kappa shape index (κ3) is 3.85. The molecule has 0 fully saturated rings. The molecule has 0 spiro atoms. The molecule has 0 N–H and O–H groups in total. The van der Waals surface area contributed by atoms with Gasteiger partial charge in [0.1, 0.15) is 12.4 Å². The van der Waals surface area contributed by atoms with Crippen molar-refractivity contribution in [1.29, 1.82) is 0 Å². The fourth-order valence-electron chi connectivity index (χ4n) is 3.76. The summed E-state index contributed by atoms with van der Waals surface area (Å²) in [6, 6.07) is 11.9. The fraction of sp³-hybridized carbons (Fsp3) is 0.364. The summed E-state index contributed by atoms with van der Waals surface area (Å²) in [6.07, 6.45) is 4.77. The highest BCUT2D eigenvalue weighted by Crippen LogP contribution is 2.26. The molecule has 3 aromatic rings. The summed E-state index contributed by atoms with van der Waals surface area (Å²) < 4.78 is 7.85. The second kappa shape index (κ2) is 8.52. The molecule has 0 saturated carbocycles. The Balaban J connectivity index is 1.57. The molecule has 1 aliphatic rings. The van der Waals surface area contributed by atoms with E-state index in [1.54, 1.807) is 26.3 Å². The number of oxime groups is 1. The molecule has 0 radical (unpaired) electrons. The Morgan fingerprint density at radius 1 is 1.13 bits per heavy atom. The van der Waals surface area contributed by atoms with Crippen molar-refractivity contribution < 1.29 is 9.57 Å². The van der Waals surface area contributed by atoms with Gasteiger partial charge in [0.05, 0.1) is 24.1 Å². The van der Waals surface area contributed by atoms with E-state index in [4.69, 9.17) is 9.57 Å². The smallest absolute Gasteiger partial charge is 0.368 e. The average molecular weight is 407 g/mol. The van der Waals surface area contributed by atoms with E-state index >= 15 is 0 Å². The number of rotatable bonds is 6. The predicted molar refractivity (Wildman–Crippen MR) is 113 cm³/mol. The number of tetrazole rings is 1. The van der Waals surface area contributed by atoms with E-state index in [0.29, 0.717) is 17.0 Å². The van der Waals surface area contributed by atoms with Crippen LogP contribution in [0.2, 0.25) is 0 Å². The zero-order chi connectivity index (χ0) is 21.1. The summed E-state index contributed by atoms with van der Waals surface area (Å²) in [4.78, 5) is 18.0. The quantitative estimate of drug-likeness (QED) is 0.463. The highest BCUT2D eigenvalue weighted by molar-refractivity contribution is 5.98. The molecule has 8 nitrogen and oxygen atoms in total. The largest absolute Gasteiger partial charge is 0.496 e. The Bertz CT molecular complexity index is 1150. The maximum atomic E-state index is 12.3. The highest BCUT2D eigenvalue weighted by atomic mass is 16.6. The van der Waals surface area contributed by atoms with Gasteiger partial charge in [-0.05, 0) is 77.9 Å². The number of methoxy groups -OCH3 is 1. The fourth-order valence-corrected chi connectivity index (χ4v) is 3.76. The van der Waals surface area contributed by atoms with Crippen LogP contribution >= 0.6 is 0 Å². The van der Waals surface area contributed by atoms with Gasteiger partial charge in [-0.25, -0.2) is 4.79 Å². The van der Waals surface area contributed by atoms with Gasteiger partial charge in [0.25, 0.3) is 0 Å². The minimum absolute atomic E-state index is 0.130. The number of hydrogen-bond acceptors (Lipinski definition) is 6. The molecule has 2 aromatic carbocycles. The van der Waals surface area contributed by atoms with Gasteiger partial charge in [-0.3, -0.25) is 0 Å². The number of fused-ring (bicyclic) bond motifs is 1. The normalized spacial score (nSPS) is 13.8. The Kier molecular flexibility index (Phi) is 5.65. The van der Waals surface area contributed by atoms with Gasteiger partial charge in [0.15, 0.2) is 0 Å². The first kappa shape index (κ1) is 19.9. The molecular weight excluding hydrogens is 382 g/mol. The van der Waals surface area contributed by atoms with Crippen LogP contribution in [0.3, 0.4) is 0 Å². The Morgan fingerprint density at radius 2 is 1.93 bits per heavy atom. The maximum absolute atomic E-state index is 12.3. The van der Waals surface area contributed by atoms with Gasteiger partial charge in [-0.2, -0.15) is 9.36 Å². The molecule has 0 saturated heterocycles. The molecule has 0 unspecified atom stereocenters. The van der Waals surface area contributed by atoms with Crippen molar-refractivity contribution in [1.82, 2.24) is 19.8 Å². The van der Waals surface area contributed by atoms with Crippen LogP contribution in [0.5, 0.6) is 5.75 Å². The first-order valence-corrected chi connectivity index (χ1v) is 10.0. The number of aromatic nitrogens is 4. The highest BCUT2D eigenvalue weighted by Gasteiger charge is 2.16. The van der Waals surface area contributed by atoms with Gasteiger partial charge in [0, 0.05) is 7.05 Å². The lowest BCUT2D eigenvalue weighted by molar-refractivity contribution is 0.128. The average Bonchev–Trinajstić information content (AvgIpc) is 3.11. The van der Waals surface area contributed by atoms with E-state index < -0.39 is 0 Å². The summed E-state index contributed by atoms with van der Waals surface area (Å²) in [6.45, 7) is 2.06. The van der Waals surface area contributed by atoms with Crippen LogP contribution < -0.4 is 10.4 Å². The molecule has 0 amide bonds. The van der Waals surface area contributed by atoms with Crippen LogP contribution in [-0.4, -0.2) is 32.6 Å². The molecule has 0 bridgehead atoms. The van der Waals surface area contributed by atoms with Crippen LogP contribution in [0.25, 0.3) is 5.69 Å². The maximum Gasteiger partial charge on any atom is 0.368 e. The topological polar surface area (TPSA) is 83.5 Å². The third-order valence-electron chi connectivity index (χ3n) is 5.45. The summed E-state index contributed by atoms with van der Waals surface area (Å²) >= 11 is 0. The second-order valence-electron chi connectivity index (χ2n) is 7.40. The van der Waals surface area contributed by atoms with E-state index in [-0.39, 0.29) is 12.3 Å². The molecule has 156 valence electrons. The summed E-state index contributed by atoms with van der Waals surface area (Å²) in [7, 11) is 3.12. The third-order valence-corrected chi connectivity index (χ3v) is 5.45. The monoisotopic (exact) mass is 407 g/mol. The van der Waals surface area contributed by atoms with Crippen molar-refractivity contribution in [2.75, 3.05) is 7.11 Å². The standard InChI is InChI=1S/C22H25N5O3/c1-15(17-12-11-16-7-4-5-8-18(16)13-17)23-30-14-19-20(9-6-10-21(19)29-3)27-22(28)26(2)24-25-27/h6,9-13H,4-5,7-8,14H2,1-3H3. The van der Waals surface area contributed by atoms with Crippen LogP contribution in [0.4, 0.5) is 0 Å². The van der Waals surface area contributed by atoms with Crippen molar-refractivity contribution in [3.63, 3.8) is 0 Å². The molecule has 0 aliphatic heterocycles. The Hall–Kier alpha value is -3.42. The molecule has 4 rings (SSSR count). The van der Waals surface area contributed by atoms with E-state index in [1.807, 2.05) is 13.0 Å². The number of benzene rings is 2. The van der Waals surface area contributed by atoms with Crippen molar-refractivity contribution in [2.45, 2.75) is 39.2 Å². The first-order chi connectivity index (χ1) is 14.6. The lowest BCUT2D eigenvalue weighted by atomic mass is 9.90. The van der Waals surface area contributed by atoms with Crippen molar-refractivity contribution in [3.05, 3.63) is 69.1 Å². The van der Waals surface area contributed by atoms with Crippen molar-refractivity contribution in [2.24, 2.45) is 12.2 Å². The SMILES string of the molecule is COc1cccc(-n2nnn(C)c2=O)c1CON=C(C)c1ccc2c(c1)CCCC2.